The predicted octanol–water partition coefficient (Wildman–Crippen LogP) is 2.06. The number of halogens is 1. The van der Waals surface area contributed by atoms with E-state index in [1.807, 2.05) is 6.92 Å². The van der Waals surface area contributed by atoms with Crippen molar-refractivity contribution in [1.29, 1.82) is 0 Å². The minimum atomic E-state index is -0.687. The molecule has 0 aromatic heterocycles. The molecule has 0 fully saturated rings. The van der Waals surface area contributed by atoms with E-state index in [0.29, 0.717) is 0 Å². The molecule has 0 aliphatic heterocycles. The average Bonchev–Trinajstić information content (AvgIpc) is 1.21. The molecule has 48 valence electrons. The van der Waals surface area contributed by atoms with Gasteiger partial charge in [-0.1, -0.05) is 15.9 Å². The topological polar surface area (TPSA) is 20.2 Å². The molecule has 0 amide bonds. The van der Waals surface area contributed by atoms with Gasteiger partial charge < -0.3 is 5.11 Å². The van der Waals surface area contributed by atoms with Crippen LogP contribution in [0.5, 0.6) is 0 Å². The average molecular weight is 179 g/mol. The van der Waals surface area contributed by atoms with Crippen molar-refractivity contribution in [2.45, 2.75) is 26.4 Å². The summed E-state index contributed by atoms with van der Waals surface area (Å²) in [5, 5.41) is 9.08. The SMILES string of the molecule is C/C(Br)=C\C(C)(C)O. The van der Waals surface area contributed by atoms with Gasteiger partial charge in [0, 0.05) is 0 Å². The lowest BCUT2D eigenvalue weighted by Crippen LogP contribution is -2.13. The Bertz CT molecular complexity index is 95.6. The monoisotopic (exact) mass is 178 g/mol. The van der Waals surface area contributed by atoms with E-state index in [4.69, 9.17) is 5.11 Å². The van der Waals surface area contributed by atoms with Crippen LogP contribution in [0.1, 0.15) is 20.8 Å². The van der Waals surface area contributed by atoms with Crippen molar-refractivity contribution in [3.8, 4) is 0 Å². The summed E-state index contributed by atoms with van der Waals surface area (Å²) < 4.78 is 0.963. The minimum absolute atomic E-state index is 0.687. The van der Waals surface area contributed by atoms with Crippen LogP contribution < -0.4 is 0 Å². The van der Waals surface area contributed by atoms with E-state index in [-0.39, 0.29) is 0 Å². The molecule has 0 aliphatic rings. The molecule has 1 nitrogen and oxygen atoms in total. The normalized spacial score (nSPS) is 14.4. The predicted molar refractivity (Wildman–Crippen MR) is 39.0 cm³/mol. The molecule has 0 aromatic carbocycles. The first-order valence-electron chi connectivity index (χ1n) is 2.49. The summed E-state index contributed by atoms with van der Waals surface area (Å²) in [6, 6.07) is 0. The maximum absolute atomic E-state index is 9.08. The summed E-state index contributed by atoms with van der Waals surface area (Å²) >= 11 is 3.21. The summed E-state index contributed by atoms with van der Waals surface area (Å²) in [5.74, 6) is 0. The van der Waals surface area contributed by atoms with Gasteiger partial charge in [0.05, 0.1) is 5.60 Å². The van der Waals surface area contributed by atoms with Crippen molar-refractivity contribution in [3.05, 3.63) is 10.6 Å². The van der Waals surface area contributed by atoms with E-state index in [1.54, 1.807) is 19.9 Å². The van der Waals surface area contributed by atoms with Crippen LogP contribution in [0.25, 0.3) is 0 Å². The number of allylic oxidation sites excluding steroid dienone is 1. The maximum atomic E-state index is 9.08. The van der Waals surface area contributed by atoms with Crippen molar-refractivity contribution < 1.29 is 5.11 Å². The van der Waals surface area contributed by atoms with Gasteiger partial charge in [0.15, 0.2) is 0 Å². The van der Waals surface area contributed by atoms with Gasteiger partial charge in [-0.25, -0.2) is 0 Å². The molecule has 0 unspecified atom stereocenters. The fourth-order valence-corrected chi connectivity index (χ4v) is 1.05. The fourth-order valence-electron chi connectivity index (χ4n) is 0.487. The highest BCUT2D eigenvalue weighted by Gasteiger charge is 2.06. The standard InChI is InChI=1S/C6H11BrO/c1-5(7)4-6(2,3)8/h4,8H,1-3H3/b5-4+. The summed E-state index contributed by atoms with van der Waals surface area (Å²) in [7, 11) is 0. The van der Waals surface area contributed by atoms with Crippen LogP contribution in [0.2, 0.25) is 0 Å². The van der Waals surface area contributed by atoms with Crippen molar-refractivity contribution >= 4 is 15.9 Å². The largest absolute Gasteiger partial charge is 0.386 e. The van der Waals surface area contributed by atoms with E-state index in [0.717, 1.165) is 4.48 Å². The van der Waals surface area contributed by atoms with Crippen LogP contribution in [0.4, 0.5) is 0 Å². The molecule has 0 rings (SSSR count). The van der Waals surface area contributed by atoms with Gasteiger partial charge in [-0.05, 0) is 31.3 Å². The zero-order valence-electron chi connectivity index (χ0n) is 5.40. The molecule has 8 heavy (non-hydrogen) atoms. The molecular weight excluding hydrogens is 168 g/mol. The van der Waals surface area contributed by atoms with Crippen LogP contribution in [0.3, 0.4) is 0 Å². The molecule has 0 heterocycles. The Labute approximate surface area is 58.5 Å². The molecule has 0 saturated carbocycles. The number of hydrogen-bond donors (Lipinski definition) is 1. The lowest BCUT2D eigenvalue weighted by molar-refractivity contribution is 0.133. The minimum Gasteiger partial charge on any atom is -0.386 e. The second-order valence-corrected chi connectivity index (χ2v) is 3.64. The molecule has 0 aromatic rings. The second-order valence-electron chi connectivity index (χ2n) is 2.38. The van der Waals surface area contributed by atoms with E-state index < -0.39 is 5.60 Å². The highest BCUT2D eigenvalue weighted by molar-refractivity contribution is 9.11. The fraction of sp³-hybridized carbons (Fsp3) is 0.667. The molecule has 0 spiro atoms. The van der Waals surface area contributed by atoms with Crippen LogP contribution >= 0.6 is 15.9 Å². The lowest BCUT2D eigenvalue weighted by Gasteiger charge is -2.10. The number of aliphatic hydroxyl groups is 1. The van der Waals surface area contributed by atoms with Gasteiger partial charge in [0.25, 0.3) is 0 Å². The first kappa shape index (κ1) is 8.18. The van der Waals surface area contributed by atoms with Gasteiger partial charge in [-0.2, -0.15) is 0 Å². The molecule has 0 saturated heterocycles. The Morgan fingerprint density at radius 1 is 1.62 bits per heavy atom. The zero-order chi connectivity index (χ0) is 6.78. The first-order chi connectivity index (χ1) is 3.42. The molecule has 2 heteroatoms. The Balaban J connectivity index is 3.89. The van der Waals surface area contributed by atoms with Gasteiger partial charge in [0.1, 0.15) is 0 Å². The quantitative estimate of drug-likeness (QED) is 0.653. The van der Waals surface area contributed by atoms with E-state index >= 15 is 0 Å². The molecular formula is C6H11BrO. The highest BCUT2D eigenvalue weighted by atomic mass is 79.9. The summed E-state index contributed by atoms with van der Waals surface area (Å²) in [6.45, 7) is 5.35. The Hall–Kier alpha value is 0.180. The smallest absolute Gasteiger partial charge is 0.0782 e. The molecule has 0 bridgehead atoms. The summed E-state index contributed by atoms with van der Waals surface area (Å²) in [6.07, 6.45) is 1.74. The van der Waals surface area contributed by atoms with Crippen molar-refractivity contribution in [2.24, 2.45) is 0 Å². The molecule has 0 aliphatic carbocycles. The van der Waals surface area contributed by atoms with Crippen LogP contribution in [0, 0.1) is 0 Å². The third-order valence-corrected chi connectivity index (χ3v) is 0.781. The van der Waals surface area contributed by atoms with E-state index in [1.165, 1.54) is 0 Å². The Morgan fingerprint density at radius 2 is 2.00 bits per heavy atom. The third kappa shape index (κ3) is 6.18. The van der Waals surface area contributed by atoms with Gasteiger partial charge >= 0.3 is 0 Å². The lowest BCUT2D eigenvalue weighted by atomic mass is 10.1. The summed E-state index contributed by atoms with van der Waals surface area (Å²) in [5.41, 5.74) is -0.687. The van der Waals surface area contributed by atoms with Gasteiger partial charge in [0.2, 0.25) is 0 Å². The Kier molecular flexibility index (Phi) is 2.71. The maximum Gasteiger partial charge on any atom is 0.0782 e. The van der Waals surface area contributed by atoms with Crippen molar-refractivity contribution in [1.82, 2.24) is 0 Å². The third-order valence-electron chi connectivity index (χ3n) is 0.552. The van der Waals surface area contributed by atoms with Gasteiger partial charge in [-0.15, -0.1) is 0 Å². The highest BCUT2D eigenvalue weighted by Crippen LogP contribution is 2.10. The van der Waals surface area contributed by atoms with Gasteiger partial charge in [-0.3, -0.25) is 0 Å². The van der Waals surface area contributed by atoms with Crippen molar-refractivity contribution in [2.75, 3.05) is 0 Å². The number of hydrogen-bond acceptors (Lipinski definition) is 1. The zero-order valence-corrected chi connectivity index (χ0v) is 6.99. The molecule has 1 N–H and O–H groups in total. The number of rotatable bonds is 1. The molecule has 0 atom stereocenters. The van der Waals surface area contributed by atoms with Crippen LogP contribution in [-0.4, -0.2) is 10.7 Å². The van der Waals surface area contributed by atoms with Crippen molar-refractivity contribution in [3.63, 3.8) is 0 Å². The van der Waals surface area contributed by atoms with Crippen LogP contribution in [0.15, 0.2) is 10.6 Å². The second kappa shape index (κ2) is 2.65. The van der Waals surface area contributed by atoms with E-state index in [2.05, 4.69) is 15.9 Å². The van der Waals surface area contributed by atoms with E-state index in [9.17, 15) is 0 Å². The first-order valence-corrected chi connectivity index (χ1v) is 3.28. The summed E-state index contributed by atoms with van der Waals surface area (Å²) in [4.78, 5) is 0. The Morgan fingerprint density at radius 3 is 2.00 bits per heavy atom. The molecule has 0 radical (unpaired) electrons. The van der Waals surface area contributed by atoms with Crippen LogP contribution in [-0.2, 0) is 0 Å².